The lowest BCUT2D eigenvalue weighted by Gasteiger charge is -2.21. The van der Waals surface area contributed by atoms with E-state index in [-0.39, 0.29) is 12.7 Å². The highest BCUT2D eigenvalue weighted by Crippen LogP contribution is 2.24. The molecule has 1 heterocycles. The van der Waals surface area contributed by atoms with Gasteiger partial charge in [-0.15, -0.1) is 0 Å². The number of hydrogen-bond acceptors (Lipinski definition) is 6. The SMILES string of the molecule is CC/C=C\CCc1cnc(Oc2ccc(OCCN(CCO)Cc3ccccc3)cc2)o1. The third-order valence-electron chi connectivity index (χ3n) is 4.86. The maximum absolute atomic E-state index is 9.34. The largest absolute Gasteiger partial charge is 0.492 e. The molecule has 0 atom stereocenters. The Hall–Kier alpha value is -3.09. The number of aromatic nitrogens is 1. The zero-order chi connectivity index (χ0) is 22.4. The van der Waals surface area contributed by atoms with Crippen molar-refractivity contribution >= 4 is 0 Å². The van der Waals surface area contributed by atoms with Crippen LogP contribution in [0.15, 0.2) is 77.4 Å². The summed E-state index contributed by atoms with van der Waals surface area (Å²) in [7, 11) is 0. The molecule has 6 heteroatoms. The Morgan fingerprint density at radius 2 is 1.78 bits per heavy atom. The molecular weight excluding hydrogens is 404 g/mol. The molecule has 0 amide bonds. The van der Waals surface area contributed by atoms with E-state index in [1.165, 1.54) is 5.56 Å². The van der Waals surface area contributed by atoms with Gasteiger partial charge in [0.2, 0.25) is 0 Å². The molecule has 1 aromatic heterocycles. The molecule has 0 aliphatic rings. The Morgan fingerprint density at radius 1 is 1.00 bits per heavy atom. The molecule has 6 nitrogen and oxygen atoms in total. The first kappa shape index (κ1) is 23.6. The third kappa shape index (κ3) is 8.21. The summed E-state index contributed by atoms with van der Waals surface area (Å²) in [6.45, 7) is 4.88. The predicted octanol–water partition coefficient (Wildman–Crippen LogP) is 5.24. The van der Waals surface area contributed by atoms with Crippen LogP contribution in [0, 0.1) is 0 Å². The Kier molecular flexibility index (Phi) is 9.83. The number of benzene rings is 2. The Bertz CT molecular complexity index is 923. The Morgan fingerprint density at radius 3 is 2.53 bits per heavy atom. The van der Waals surface area contributed by atoms with Crippen LogP contribution in [0.5, 0.6) is 17.6 Å². The topological polar surface area (TPSA) is 68.0 Å². The van der Waals surface area contributed by atoms with Gasteiger partial charge in [-0.05, 0) is 42.7 Å². The molecule has 0 aliphatic heterocycles. The van der Waals surface area contributed by atoms with E-state index in [4.69, 9.17) is 13.9 Å². The molecule has 0 fully saturated rings. The average Bonchev–Trinajstić information content (AvgIpc) is 3.26. The van der Waals surface area contributed by atoms with Crippen LogP contribution < -0.4 is 9.47 Å². The number of aliphatic hydroxyl groups is 1. The summed E-state index contributed by atoms with van der Waals surface area (Å²) in [6.07, 6.45) is 9.01. The van der Waals surface area contributed by atoms with Crippen LogP contribution >= 0.6 is 0 Å². The molecule has 32 heavy (non-hydrogen) atoms. The second-order valence-corrected chi connectivity index (χ2v) is 7.42. The van der Waals surface area contributed by atoms with Gasteiger partial charge < -0.3 is 19.0 Å². The molecule has 0 spiro atoms. The van der Waals surface area contributed by atoms with Crippen molar-refractivity contribution in [2.24, 2.45) is 0 Å². The van der Waals surface area contributed by atoms with Gasteiger partial charge in [0, 0.05) is 26.1 Å². The highest BCUT2D eigenvalue weighted by Gasteiger charge is 2.08. The zero-order valence-electron chi connectivity index (χ0n) is 18.7. The summed E-state index contributed by atoms with van der Waals surface area (Å²) in [5.41, 5.74) is 1.22. The van der Waals surface area contributed by atoms with E-state index in [1.807, 2.05) is 42.5 Å². The maximum atomic E-state index is 9.34. The first-order chi connectivity index (χ1) is 15.8. The lowest BCUT2D eigenvalue weighted by atomic mass is 10.2. The molecule has 3 aromatic rings. The van der Waals surface area contributed by atoms with Gasteiger partial charge in [0.25, 0.3) is 0 Å². The quantitative estimate of drug-likeness (QED) is 0.349. The molecule has 0 radical (unpaired) electrons. The summed E-state index contributed by atoms with van der Waals surface area (Å²) in [5, 5.41) is 9.34. The number of rotatable bonds is 14. The van der Waals surface area contributed by atoms with Crippen LogP contribution in [0.25, 0.3) is 0 Å². The summed E-state index contributed by atoms with van der Waals surface area (Å²) < 4.78 is 17.2. The van der Waals surface area contributed by atoms with Crippen molar-refractivity contribution in [3.63, 3.8) is 0 Å². The second-order valence-electron chi connectivity index (χ2n) is 7.42. The normalized spacial score (nSPS) is 11.3. The molecule has 170 valence electrons. The van der Waals surface area contributed by atoms with E-state index in [0.717, 1.165) is 43.9 Å². The molecule has 0 saturated carbocycles. The van der Waals surface area contributed by atoms with E-state index < -0.39 is 0 Å². The van der Waals surface area contributed by atoms with Gasteiger partial charge in [-0.2, -0.15) is 4.98 Å². The highest BCUT2D eigenvalue weighted by molar-refractivity contribution is 5.32. The molecule has 0 bridgehead atoms. The molecule has 0 aliphatic carbocycles. The van der Waals surface area contributed by atoms with Crippen LogP contribution in [-0.2, 0) is 13.0 Å². The van der Waals surface area contributed by atoms with E-state index in [1.54, 1.807) is 6.20 Å². The lowest BCUT2D eigenvalue weighted by molar-refractivity contribution is 0.163. The maximum Gasteiger partial charge on any atom is 0.399 e. The van der Waals surface area contributed by atoms with Crippen molar-refractivity contribution in [1.29, 1.82) is 0 Å². The smallest absolute Gasteiger partial charge is 0.399 e. The summed E-state index contributed by atoms with van der Waals surface area (Å²) in [6, 6.07) is 17.6. The van der Waals surface area contributed by atoms with Crippen LogP contribution in [0.4, 0.5) is 0 Å². The van der Waals surface area contributed by atoms with Crippen molar-refractivity contribution in [2.75, 3.05) is 26.3 Å². The number of aryl methyl sites for hydroxylation is 1. The van der Waals surface area contributed by atoms with Crippen molar-refractivity contribution in [2.45, 2.75) is 32.7 Å². The number of hydrogen-bond donors (Lipinski definition) is 1. The fourth-order valence-electron chi connectivity index (χ4n) is 3.21. The molecule has 0 unspecified atom stereocenters. The average molecular weight is 437 g/mol. The summed E-state index contributed by atoms with van der Waals surface area (Å²) in [4.78, 5) is 6.36. The second kappa shape index (κ2) is 13.3. The van der Waals surface area contributed by atoms with Gasteiger partial charge >= 0.3 is 6.08 Å². The molecule has 2 aromatic carbocycles. The van der Waals surface area contributed by atoms with Crippen LogP contribution in [0.3, 0.4) is 0 Å². The van der Waals surface area contributed by atoms with Crippen LogP contribution in [0.2, 0.25) is 0 Å². The summed E-state index contributed by atoms with van der Waals surface area (Å²) in [5.74, 6) is 2.21. The molecule has 1 N–H and O–H groups in total. The number of oxazole rings is 1. The van der Waals surface area contributed by atoms with Gasteiger partial charge in [0.05, 0.1) is 12.8 Å². The van der Waals surface area contributed by atoms with Gasteiger partial charge in [0.15, 0.2) is 0 Å². The van der Waals surface area contributed by atoms with Crippen molar-refractivity contribution in [3.05, 3.63) is 84.3 Å². The van der Waals surface area contributed by atoms with E-state index >= 15 is 0 Å². The molecule has 3 rings (SSSR count). The standard InChI is InChI=1S/C26H32N2O4/c1-2-3-4-8-11-25-20-27-26(32-25)31-24-14-12-23(13-15-24)30-19-17-28(16-18-29)21-22-9-6-5-7-10-22/h3-7,9-10,12-15,20,29H,2,8,11,16-19,21H2,1H3/b4-3-. The minimum absolute atomic E-state index is 0.122. The third-order valence-corrected chi connectivity index (χ3v) is 4.86. The number of nitrogens with zero attached hydrogens (tertiary/aromatic N) is 2. The lowest BCUT2D eigenvalue weighted by Crippen LogP contribution is -2.30. The van der Waals surface area contributed by atoms with Gasteiger partial charge in [-0.3, -0.25) is 4.90 Å². The van der Waals surface area contributed by atoms with E-state index in [9.17, 15) is 5.11 Å². The minimum Gasteiger partial charge on any atom is -0.492 e. The van der Waals surface area contributed by atoms with Crippen molar-refractivity contribution in [3.8, 4) is 17.6 Å². The zero-order valence-corrected chi connectivity index (χ0v) is 18.7. The van der Waals surface area contributed by atoms with Crippen LogP contribution in [-0.4, -0.2) is 41.3 Å². The Labute approximate surface area is 190 Å². The van der Waals surface area contributed by atoms with E-state index in [2.05, 4.69) is 41.1 Å². The van der Waals surface area contributed by atoms with E-state index in [0.29, 0.717) is 18.9 Å². The fourth-order valence-corrected chi connectivity index (χ4v) is 3.21. The minimum atomic E-state index is 0.122. The van der Waals surface area contributed by atoms with Gasteiger partial charge in [-0.25, -0.2) is 0 Å². The fraction of sp³-hybridized carbons (Fsp3) is 0.346. The highest BCUT2D eigenvalue weighted by atomic mass is 16.6. The molecular formula is C26H32N2O4. The first-order valence-electron chi connectivity index (χ1n) is 11.1. The number of ether oxygens (including phenoxy) is 2. The van der Waals surface area contributed by atoms with Gasteiger partial charge in [0.1, 0.15) is 23.9 Å². The number of aliphatic hydroxyl groups excluding tert-OH is 1. The summed E-state index contributed by atoms with van der Waals surface area (Å²) >= 11 is 0. The number of allylic oxidation sites excluding steroid dienone is 2. The van der Waals surface area contributed by atoms with Crippen LogP contribution in [0.1, 0.15) is 31.1 Å². The predicted molar refractivity (Wildman–Crippen MR) is 125 cm³/mol. The first-order valence-corrected chi connectivity index (χ1v) is 11.1. The molecule has 0 saturated heterocycles. The Balaban J connectivity index is 1.43. The monoisotopic (exact) mass is 436 g/mol. The van der Waals surface area contributed by atoms with Crippen molar-refractivity contribution in [1.82, 2.24) is 9.88 Å². The van der Waals surface area contributed by atoms with Gasteiger partial charge in [-0.1, -0.05) is 49.4 Å². The van der Waals surface area contributed by atoms with Crippen molar-refractivity contribution < 1.29 is 19.0 Å².